The van der Waals surface area contributed by atoms with Gasteiger partial charge in [0.1, 0.15) is 0 Å². The molecule has 0 unspecified atom stereocenters. The number of benzene rings is 1. The molecule has 3 aromatic heterocycles. The number of amides is 1. The van der Waals surface area contributed by atoms with Crippen molar-refractivity contribution < 1.29 is 9.59 Å². The third-order valence-electron chi connectivity index (χ3n) is 6.16. The number of hydrogen-bond acceptors (Lipinski definition) is 4. The number of nitrogens with zero attached hydrogens (tertiary/aromatic N) is 4. The third-order valence-corrected chi connectivity index (χ3v) is 6.16. The van der Waals surface area contributed by atoms with Gasteiger partial charge in [0.2, 0.25) is 5.91 Å². The van der Waals surface area contributed by atoms with Gasteiger partial charge in [-0.1, -0.05) is 24.8 Å². The van der Waals surface area contributed by atoms with Crippen molar-refractivity contribution in [1.29, 1.82) is 0 Å². The molecule has 0 spiro atoms. The summed E-state index contributed by atoms with van der Waals surface area (Å²) < 4.78 is 2.03. The SMILES string of the molecule is C=CC(=O)N1CC(CC(=O)Cn2cc(-c3cccnc3)c3cc(-c4cccnc4)ccc32)C1. The van der Waals surface area contributed by atoms with E-state index < -0.39 is 0 Å². The normalized spacial score (nSPS) is 13.6. The summed E-state index contributed by atoms with van der Waals surface area (Å²) in [4.78, 5) is 34.8. The average molecular weight is 437 g/mol. The van der Waals surface area contributed by atoms with Crippen LogP contribution < -0.4 is 0 Å². The molecule has 6 heteroatoms. The van der Waals surface area contributed by atoms with E-state index in [1.54, 1.807) is 17.3 Å². The van der Waals surface area contributed by atoms with Crippen LogP contribution in [0, 0.1) is 5.92 Å². The highest BCUT2D eigenvalue weighted by Gasteiger charge is 2.30. The Morgan fingerprint density at radius 3 is 2.39 bits per heavy atom. The number of ketones is 1. The van der Waals surface area contributed by atoms with Crippen LogP contribution in [0.3, 0.4) is 0 Å². The van der Waals surface area contributed by atoms with Crippen molar-refractivity contribution in [2.45, 2.75) is 13.0 Å². The van der Waals surface area contributed by atoms with Gasteiger partial charge in [0.05, 0.1) is 6.54 Å². The van der Waals surface area contributed by atoms with Crippen molar-refractivity contribution in [1.82, 2.24) is 19.4 Å². The first-order valence-electron chi connectivity index (χ1n) is 11.0. The van der Waals surface area contributed by atoms with Crippen molar-refractivity contribution in [2.24, 2.45) is 5.92 Å². The number of hydrogen-bond donors (Lipinski definition) is 0. The second-order valence-electron chi connectivity index (χ2n) is 8.44. The monoisotopic (exact) mass is 436 g/mol. The molecule has 5 rings (SSSR count). The van der Waals surface area contributed by atoms with Crippen molar-refractivity contribution in [2.75, 3.05) is 13.1 Å². The van der Waals surface area contributed by atoms with Gasteiger partial charge in [-0.25, -0.2) is 0 Å². The maximum atomic E-state index is 12.9. The fourth-order valence-electron chi connectivity index (χ4n) is 4.48. The fourth-order valence-corrected chi connectivity index (χ4v) is 4.48. The minimum absolute atomic E-state index is 0.0689. The molecule has 0 bridgehead atoms. The van der Waals surface area contributed by atoms with Gasteiger partial charge in [-0.3, -0.25) is 19.6 Å². The van der Waals surface area contributed by atoms with Crippen LogP contribution in [0.1, 0.15) is 6.42 Å². The summed E-state index contributed by atoms with van der Waals surface area (Å²) in [6.07, 6.45) is 11.1. The van der Waals surface area contributed by atoms with Gasteiger partial charge >= 0.3 is 0 Å². The lowest BCUT2D eigenvalue weighted by Crippen LogP contribution is -2.50. The molecule has 164 valence electrons. The number of carbonyl (C=O) groups is 2. The molecular weight excluding hydrogens is 412 g/mol. The number of likely N-dealkylation sites (tertiary alicyclic amines) is 1. The van der Waals surface area contributed by atoms with E-state index in [1.165, 1.54) is 6.08 Å². The molecule has 6 nitrogen and oxygen atoms in total. The maximum Gasteiger partial charge on any atom is 0.245 e. The summed E-state index contributed by atoms with van der Waals surface area (Å²) in [6.45, 7) is 5.07. The van der Waals surface area contributed by atoms with E-state index in [2.05, 4.69) is 34.7 Å². The highest BCUT2D eigenvalue weighted by Crippen LogP contribution is 2.34. The Labute approximate surface area is 192 Å². The topological polar surface area (TPSA) is 68.1 Å². The second-order valence-corrected chi connectivity index (χ2v) is 8.44. The molecule has 0 radical (unpaired) electrons. The molecule has 0 saturated carbocycles. The Morgan fingerprint density at radius 2 is 1.73 bits per heavy atom. The highest BCUT2D eigenvalue weighted by molar-refractivity contribution is 5.99. The molecule has 0 N–H and O–H groups in total. The van der Waals surface area contributed by atoms with E-state index in [9.17, 15) is 9.59 Å². The molecule has 1 aromatic carbocycles. The van der Waals surface area contributed by atoms with Gasteiger partial charge in [-0.2, -0.15) is 0 Å². The van der Waals surface area contributed by atoms with Gasteiger partial charge < -0.3 is 9.47 Å². The largest absolute Gasteiger partial charge is 0.339 e. The van der Waals surface area contributed by atoms with Crippen molar-refractivity contribution >= 4 is 22.6 Å². The minimum atomic E-state index is -0.0689. The zero-order valence-electron chi connectivity index (χ0n) is 18.2. The van der Waals surface area contributed by atoms with Crippen LogP contribution in [0.15, 0.2) is 86.1 Å². The molecule has 4 aromatic rings. The van der Waals surface area contributed by atoms with Crippen LogP contribution in [0.4, 0.5) is 0 Å². The van der Waals surface area contributed by atoms with E-state index in [0.717, 1.165) is 33.2 Å². The number of carbonyl (C=O) groups excluding carboxylic acids is 2. The Morgan fingerprint density at radius 1 is 1.00 bits per heavy atom. The molecule has 1 aliphatic rings. The first-order valence-corrected chi connectivity index (χ1v) is 11.0. The highest BCUT2D eigenvalue weighted by atomic mass is 16.2. The Kier molecular flexibility index (Phi) is 5.57. The Bertz CT molecular complexity index is 1320. The van der Waals surface area contributed by atoms with E-state index in [4.69, 9.17) is 0 Å². The molecular formula is C27H24N4O2. The molecule has 4 heterocycles. The number of Topliss-reactive ketones (excluding diaryl/α,β-unsaturated/α-hetero) is 1. The summed E-state index contributed by atoms with van der Waals surface area (Å²) in [5.74, 6) is 0.315. The molecule has 1 saturated heterocycles. The molecule has 1 fully saturated rings. The van der Waals surface area contributed by atoms with Crippen LogP contribution in [0.5, 0.6) is 0 Å². The molecule has 0 atom stereocenters. The van der Waals surface area contributed by atoms with Gasteiger partial charge in [0, 0.05) is 84.0 Å². The first-order chi connectivity index (χ1) is 16.1. The summed E-state index contributed by atoms with van der Waals surface area (Å²) in [5, 5.41) is 1.07. The predicted octanol–water partition coefficient (Wildman–Crippen LogP) is 4.37. The lowest BCUT2D eigenvalue weighted by molar-refractivity contribution is -0.134. The van der Waals surface area contributed by atoms with Crippen LogP contribution in [-0.2, 0) is 16.1 Å². The minimum Gasteiger partial charge on any atom is -0.339 e. The van der Waals surface area contributed by atoms with Crippen LogP contribution in [0.2, 0.25) is 0 Å². The second kappa shape index (κ2) is 8.82. The van der Waals surface area contributed by atoms with E-state index in [1.807, 2.05) is 47.4 Å². The predicted molar refractivity (Wildman–Crippen MR) is 128 cm³/mol. The van der Waals surface area contributed by atoms with Crippen molar-refractivity contribution in [3.8, 4) is 22.3 Å². The van der Waals surface area contributed by atoms with Crippen LogP contribution >= 0.6 is 0 Å². The fraction of sp³-hybridized carbons (Fsp3) is 0.185. The summed E-state index contributed by atoms with van der Waals surface area (Å²) in [6, 6.07) is 14.2. The van der Waals surface area contributed by atoms with Crippen molar-refractivity contribution in [3.05, 3.63) is 86.1 Å². The average Bonchev–Trinajstić information content (AvgIpc) is 3.19. The molecule has 1 aliphatic heterocycles. The smallest absolute Gasteiger partial charge is 0.245 e. The van der Waals surface area contributed by atoms with E-state index >= 15 is 0 Å². The van der Waals surface area contributed by atoms with Gasteiger partial charge in [0.15, 0.2) is 5.78 Å². The number of rotatable bonds is 7. The van der Waals surface area contributed by atoms with E-state index in [-0.39, 0.29) is 17.6 Å². The van der Waals surface area contributed by atoms with E-state index in [0.29, 0.717) is 26.1 Å². The summed E-state index contributed by atoms with van der Waals surface area (Å²) in [7, 11) is 0. The Hall–Kier alpha value is -4.06. The van der Waals surface area contributed by atoms with Gasteiger partial charge in [-0.15, -0.1) is 0 Å². The summed E-state index contributed by atoms with van der Waals surface area (Å²) >= 11 is 0. The molecule has 33 heavy (non-hydrogen) atoms. The quantitative estimate of drug-likeness (QED) is 0.404. The number of pyridine rings is 2. The van der Waals surface area contributed by atoms with Gasteiger partial charge in [0.25, 0.3) is 0 Å². The van der Waals surface area contributed by atoms with Crippen LogP contribution in [0.25, 0.3) is 33.2 Å². The summed E-state index contributed by atoms with van der Waals surface area (Å²) in [5.41, 5.74) is 5.18. The number of aromatic nitrogens is 3. The van der Waals surface area contributed by atoms with Crippen LogP contribution in [-0.4, -0.2) is 44.2 Å². The zero-order valence-corrected chi connectivity index (χ0v) is 18.2. The maximum absolute atomic E-state index is 12.9. The standard InChI is InChI=1S/C27H24N4O2/c1-2-27(33)31-15-19(16-31)11-23(32)17-30-18-25(22-6-4-10-29-14-22)24-12-20(7-8-26(24)30)21-5-3-9-28-13-21/h2-10,12-14,18-19H,1,11,15-17H2. The van der Waals surface area contributed by atoms with Crippen molar-refractivity contribution in [3.63, 3.8) is 0 Å². The third kappa shape index (κ3) is 4.20. The first kappa shape index (κ1) is 20.8. The number of fused-ring (bicyclic) bond motifs is 1. The lowest BCUT2D eigenvalue weighted by atomic mass is 9.94. The Balaban J connectivity index is 1.43. The lowest BCUT2D eigenvalue weighted by Gasteiger charge is -2.38. The molecule has 1 amide bonds. The molecule has 0 aliphatic carbocycles. The van der Waals surface area contributed by atoms with Gasteiger partial charge in [-0.05, 0) is 35.9 Å². The zero-order chi connectivity index (χ0) is 22.8.